The lowest BCUT2D eigenvalue weighted by atomic mass is 10.1. The molecule has 2 unspecified atom stereocenters. The quantitative estimate of drug-likeness (QED) is 0.871. The van der Waals surface area contributed by atoms with E-state index in [4.69, 9.17) is 9.52 Å². The third-order valence-electron chi connectivity index (χ3n) is 3.35. The SMILES string of the molecule is CC(NC(=O)N1CCC(CC(=O)O)C1)c1ccco1. The van der Waals surface area contributed by atoms with Crippen molar-refractivity contribution in [2.75, 3.05) is 13.1 Å². The second-order valence-electron chi connectivity index (χ2n) is 4.89. The smallest absolute Gasteiger partial charge is 0.317 e. The standard InChI is InChI=1S/C13H18N2O4/c1-9(11-3-2-6-19-11)14-13(18)15-5-4-10(8-15)7-12(16)17/h2-3,6,9-10H,4-5,7-8H2,1H3,(H,14,18)(H,16,17). The van der Waals surface area contributed by atoms with Crippen LogP contribution in [-0.4, -0.2) is 35.1 Å². The summed E-state index contributed by atoms with van der Waals surface area (Å²) >= 11 is 0. The van der Waals surface area contributed by atoms with Gasteiger partial charge in [0.05, 0.1) is 12.3 Å². The van der Waals surface area contributed by atoms with Crippen LogP contribution in [0, 0.1) is 5.92 Å². The van der Waals surface area contributed by atoms with Crippen LogP contribution in [0.5, 0.6) is 0 Å². The van der Waals surface area contributed by atoms with Crippen LogP contribution < -0.4 is 5.32 Å². The van der Waals surface area contributed by atoms with E-state index < -0.39 is 5.97 Å². The van der Waals surface area contributed by atoms with Crippen LogP contribution in [0.15, 0.2) is 22.8 Å². The number of carboxylic acid groups (broad SMARTS) is 1. The molecule has 1 aliphatic rings. The summed E-state index contributed by atoms with van der Waals surface area (Å²) in [5, 5.41) is 11.6. The van der Waals surface area contributed by atoms with Crippen molar-refractivity contribution in [3.63, 3.8) is 0 Å². The van der Waals surface area contributed by atoms with Crippen molar-refractivity contribution in [2.24, 2.45) is 5.92 Å². The second kappa shape index (κ2) is 5.77. The summed E-state index contributed by atoms with van der Waals surface area (Å²) in [4.78, 5) is 24.3. The minimum Gasteiger partial charge on any atom is -0.481 e. The first kappa shape index (κ1) is 13.5. The van der Waals surface area contributed by atoms with Gasteiger partial charge in [0.15, 0.2) is 0 Å². The topological polar surface area (TPSA) is 82.8 Å². The summed E-state index contributed by atoms with van der Waals surface area (Å²) in [6.07, 6.45) is 2.43. The third-order valence-corrected chi connectivity index (χ3v) is 3.35. The largest absolute Gasteiger partial charge is 0.481 e. The fourth-order valence-corrected chi connectivity index (χ4v) is 2.32. The van der Waals surface area contributed by atoms with E-state index in [-0.39, 0.29) is 24.4 Å². The minimum atomic E-state index is -0.809. The number of amides is 2. The van der Waals surface area contributed by atoms with E-state index in [0.29, 0.717) is 18.8 Å². The maximum atomic E-state index is 12.0. The Morgan fingerprint density at radius 1 is 1.63 bits per heavy atom. The van der Waals surface area contributed by atoms with Crippen molar-refractivity contribution in [1.82, 2.24) is 10.2 Å². The lowest BCUT2D eigenvalue weighted by molar-refractivity contribution is -0.138. The van der Waals surface area contributed by atoms with Crippen LogP contribution in [0.3, 0.4) is 0 Å². The summed E-state index contributed by atoms with van der Waals surface area (Å²) in [5.41, 5.74) is 0. The van der Waals surface area contributed by atoms with Gasteiger partial charge in [-0.25, -0.2) is 4.79 Å². The average Bonchev–Trinajstić information content (AvgIpc) is 2.97. The van der Waals surface area contributed by atoms with Gasteiger partial charge in [-0.1, -0.05) is 0 Å². The molecule has 0 aromatic carbocycles. The number of urea groups is 1. The first-order valence-electron chi connectivity index (χ1n) is 6.37. The lowest BCUT2D eigenvalue weighted by Crippen LogP contribution is -2.39. The summed E-state index contributed by atoms with van der Waals surface area (Å²) in [6.45, 7) is 2.96. The average molecular weight is 266 g/mol. The van der Waals surface area contributed by atoms with Gasteiger partial charge in [-0.05, 0) is 31.4 Å². The van der Waals surface area contributed by atoms with Crippen molar-refractivity contribution in [3.8, 4) is 0 Å². The van der Waals surface area contributed by atoms with Gasteiger partial charge >= 0.3 is 12.0 Å². The Morgan fingerprint density at radius 2 is 2.42 bits per heavy atom. The molecule has 2 N–H and O–H groups in total. The molecule has 6 nitrogen and oxygen atoms in total. The Kier molecular flexibility index (Phi) is 4.09. The van der Waals surface area contributed by atoms with Crippen LogP contribution in [0.1, 0.15) is 31.6 Å². The Morgan fingerprint density at radius 3 is 3.05 bits per heavy atom. The molecule has 1 aromatic rings. The van der Waals surface area contributed by atoms with E-state index in [1.165, 1.54) is 0 Å². The molecule has 19 heavy (non-hydrogen) atoms. The van der Waals surface area contributed by atoms with E-state index in [0.717, 1.165) is 6.42 Å². The summed E-state index contributed by atoms with van der Waals surface area (Å²) in [6, 6.07) is 3.22. The molecule has 0 aliphatic carbocycles. The molecule has 1 aromatic heterocycles. The molecule has 0 radical (unpaired) electrons. The van der Waals surface area contributed by atoms with Gasteiger partial charge in [-0.15, -0.1) is 0 Å². The van der Waals surface area contributed by atoms with Crippen LogP contribution in [-0.2, 0) is 4.79 Å². The number of furan rings is 1. The van der Waals surface area contributed by atoms with Crippen LogP contribution >= 0.6 is 0 Å². The van der Waals surface area contributed by atoms with E-state index in [9.17, 15) is 9.59 Å². The number of rotatable bonds is 4. The van der Waals surface area contributed by atoms with Crippen molar-refractivity contribution in [1.29, 1.82) is 0 Å². The molecule has 2 rings (SSSR count). The molecule has 2 heterocycles. The van der Waals surface area contributed by atoms with E-state index in [1.54, 1.807) is 17.2 Å². The van der Waals surface area contributed by atoms with Gasteiger partial charge in [-0.3, -0.25) is 4.79 Å². The Balaban J connectivity index is 1.83. The van der Waals surface area contributed by atoms with Gasteiger partial charge < -0.3 is 19.7 Å². The molecular formula is C13H18N2O4. The first-order chi connectivity index (χ1) is 9.06. The summed E-state index contributed by atoms with van der Waals surface area (Å²) in [7, 11) is 0. The molecule has 1 saturated heterocycles. The summed E-state index contributed by atoms with van der Waals surface area (Å²) < 4.78 is 5.22. The van der Waals surface area contributed by atoms with Crippen molar-refractivity contribution < 1.29 is 19.1 Å². The Bertz CT molecular complexity index is 444. The predicted octanol–water partition coefficient (Wildman–Crippen LogP) is 1.85. The normalized spacial score (nSPS) is 20.3. The molecule has 104 valence electrons. The van der Waals surface area contributed by atoms with Gasteiger partial charge in [0.1, 0.15) is 5.76 Å². The minimum absolute atomic E-state index is 0.0576. The number of hydrogen-bond acceptors (Lipinski definition) is 3. The number of nitrogens with zero attached hydrogens (tertiary/aromatic N) is 1. The highest BCUT2D eigenvalue weighted by Crippen LogP contribution is 2.20. The van der Waals surface area contributed by atoms with Crippen molar-refractivity contribution >= 4 is 12.0 Å². The van der Waals surface area contributed by atoms with Gasteiger partial charge in [0.25, 0.3) is 0 Å². The van der Waals surface area contributed by atoms with Crippen molar-refractivity contribution in [2.45, 2.75) is 25.8 Å². The van der Waals surface area contributed by atoms with E-state index >= 15 is 0 Å². The number of hydrogen-bond donors (Lipinski definition) is 2. The number of carbonyl (C=O) groups is 2. The van der Waals surface area contributed by atoms with Gasteiger partial charge in [0, 0.05) is 19.5 Å². The van der Waals surface area contributed by atoms with Crippen LogP contribution in [0.25, 0.3) is 0 Å². The fraction of sp³-hybridized carbons (Fsp3) is 0.538. The lowest BCUT2D eigenvalue weighted by Gasteiger charge is -2.20. The maximum absolute atomic E-state index is 12.0. The zero-order valence-electron chi connectivity index (χ0n) is 10.8. The molecule has 2 atom stereocenters. The summed E-state index contributed by atoms with van der Waals surface area (Å²) in [5.74, 6) is -0.0481. The molecule has 1 fully saturated rings. The first-order valence-corrected chi connectivity index (χ1v) is 6.37. The zero-order chi connectivity index (χ0) is 13.8. The highest BCUT2D eigenvalue weighted by Gasteiger charge is 2.28. The Hall–Kier alpha value is -1.98. The number of nitrogens with one attached hydrogen (secondary N) is 1. The fourth-order valence-electron chi connectivity index (χ4n) is 2.32. The van der Waals surface area contributed by atoms with E-state index in [1.807, 2.05) is 13.0 Å². The number of carbonyl (C=O) groups excluding carboxylic acids is 1. The monoisotopic (exact) mass is 266 g/mol. The highest BCUT2D eigenvalue weighted by atomic mass is 16.4. The van der Waals surface area contributed by atoms with Crippen molar-refractivity contribution in [3.05, 3.63) is 24.2 Å². The molecule has 0 bridgehead atoms. The highest BCUT2D eigenvalue weighted by molar-refractivity contribution is 5.75. The molecule has 2 amide bonds. The molecule has 6 heteroatoms. The molecule has 1 aliphatic heterocycles. The predicted molar refractivity (Wildman–Crippen MR) is 67.6 cm³/mol. The van der Waals surface area contributed by atoms with E-state index in [2.05, 4.69) is 5.32 Å². The van der Waals surface area contributed by atoms with Crippen LogP contribution in [0.2, 0.25) is 0 Å². The molecule has 0 spiro atoms. The van der Waals surface area contributed by atoms with Gasteiger partial charge in [-0.2, -0.15) is 0 Å². The third kappa shape index (κ3) is 3.49. The zero-order valence-corrected chi connectivity index (χ0v) is 10.8. The molecule has 0 saturated carbocycles. The Labute approximate surface area is 111 Å². The molecular weight excluding hydrogens is 248 g/mol. The van der Waals surface area contributed by atoms with Gasteiger partial charge in [0.2, 0.25) is 0 Å². The number of aliphatic carboxylic acids is 1. The number of carboxylic acids is 1. The second-order valence-corrected chi connectivity index (χ2v) is 4.89. The maximum Gasteiger partial charge on any atom is 0.317 e. The van der Waals surface area contributed by atoms with Crippen LogP contribution in [0.4, 0.5) is 4.79 Å². The number of likely N-dealkylation sites (tertiary alicyclic amines) is 1.